The number of hydrogen-bond acceptors (Lipinski definition) is 4. The van der Waals surface area contributed by atoms with Gasteiger partial charge in [0.1, 0.15) is 11.3 Å². The lowest BCUT2D eigenvalue weighted by atomic mass is 10.1. The molecule has 0 unspecified atom stereocenters. The number of aromatic nitrogens is 3. The predicted octanol–water partition coefficient (Wildman–Crippen LogP) is 2.66. The lowest BCUT2D eigenvalue weighted by Gasteiger charge is -2.03. The van der Waals surface area contributed by atoms with Crippen LogP contribution in [-0.2, 0) is 13.0 Å². The van der Waals surface area contributed by atoms with Gasteiger partial charge in [0.2, 0.25) is 0 Å². The van der Waals surface area contributed by atoms with Gasteiger partial charge in [-0.05, 0) is 25.1 Å². The molecule has 0 atom stereocenters. The third-order valence-corrected chi connectivity index (χ3v) is 3.58. The van der Waals surface area contributed by atoms with Crippen LogP contribution in [0.25, 0.3) is 5.69 Å². The summed E-state index contributed by atoms with van der Waals surface area (Å²) in [6.07, 6.45) is 2.51. The molecule has 23 heavy (non-hydrogen) atoms. The van der Waals surface area contributed by atoms with Crippen LogP contribution in [0.1, 0.15) is 34.4 Å². The first-order chi connectivity index (χ1) is 11.2. The van der Waals surface area contributed by atoms with Crippen LogP contribution < -0.4 is 5.32 Å². The van der Waals surface area contributed by atoms with E-state index >= 15 is 0 Å². The zero-order valence-corrected chi connectivity index (χ0v) is 13.1. The number of carbonyl (C=O) groups is 1. The molecule has 0 fully saturated rings. The van der Waals surface area contributed by atoms with Crippen molar-refractivity contribution in [3.63, 3.8) is 0 Å². The van der Waals surface area contributed by atoms with E-state index in [4.69, 9.17) is 4.52 Å². The second-order valence-electron chi connectivity index (χ2n) is 5.19. The number of nitrogens with zero attached hydrogens (tertiary/aromatic N) is 3. The minimum atomic E-state index is -0.185. The number of nitrogens with one attached hydrogen (secondary N) is 1. The Kier molecular flexibility index (Phi) is 4.23. The first kappa shape index (κ1) is 15.0. The highest BCUT2D eigenvalue weighted by molar-refractivity contribution is 5.96. The number of hydrogen-bond donors (Lipinski definition) is 1. The Labute approximate surface area is 134 Å². The van der Waals surface area contributed by atoms with Crippen LogP contribution in [0.3, 0.4) is 0 Å². The fourth-order valence-electron chi connectivity index (χ4n) is 2.39. The van der Waals surface area contributed by atoms with E-state index in [1.807, 2.05) is 49.5 Å². The van der Waals surface area contributed by atoms with E-state index in [2.05, 4.69) is 15.6 Å². The Balaban J connectivity index is 1.68. The highest BCUT2D eigenvalue weighted by Gasteiger charge is 2.19. The molecule has 1 N–H and O–H groups in total. The molecule has 1 amide bonds. The van der Waals surface area contributed by atoms with Crippen LogP contribution in [-0.4, -0.2) is 20.8 Å². The Morgan fingerprint density at radius 3 is 2.78 bits per heavy atom. The van der Waals surface area contributed by atoms with Crippen LogP contribution in [0, 0.1) is 6.92 Å². The SMILES string of the molecule is CCc1onc(C)c1C(=O)NCc1ccn(-c2ccccc2)n1. The van der Waals surface area contributed by atoms with Crippen LogP contribution in [0.5, 0.6) is 0 Å². The van der Waals surface area contributed by atoms with Crippen molar-refractivity contribution in [2.24, 2.45) is 0 Å². The maximum atomic E-state index is 12.3. The van der Waals surface area contributed by atoms with Gasteiger partial charge in [0.05, 0.1) is 23.6 Å². The summed E-state index contributed by atoms with van der Waals surface area (Å²) in [5.74, 6) is 0.421. The van der Waals surface area contributed by atoms with Crippen LogP contribution in [0.2, 0.25) is 0 Å². The third kappa shape index (κ3) is 3.15. The molecule has 6 heteroatoms. The third-order valence-electron chi connectivity index (χ3n) is 3.58. The predicted molar refractivity (Wildman–Crippen MR) is 85.4 cm³/mol. The lowest BCUT2D eigenvalue weighted by molar-refractivity contribution is 0.0948. The second-order valence-corrected chi connectivity index (χ2v) is 5.19. The van der Waals surface area contributed by atoms with Gasteiger partial charge in [-0.3, -0.25) is 4.79 Å². The van der Waals surface area contributed by atoms with Gasteiger partial charge in [-0.2, -0.15) is 5.10 Å². The van der Waals surface area contributed by atoms with Crippen molar-refractivity contribution >= 4 is 5.91 Å². The smallest absolute Gasteiger partial charge is 0.257 e. The van der Waals surface area contributed by atoms with Gasteiger partial charge in [0.25, 0.3) is 5.91 Å². The number of rotatable bonds is 5. The highest BCUT2D eigenvalue weighted by Crippen LogP contribution is 2.14. The molecular formula is C17H18N4O2. The van der Waals surface area contributed by atoms with E-state index in [1.165, 1.54) is 0 Å². The summed E-state index contributed by atoms with van der Waals surface area (Å²) < 4.78 is 6.93. The Morgan fingerprint density at radius 1 is 1.26 bits per heavy atom. The molecule has 2 heterocycles. The van der Waals surface area contributed by atoms with Crippen LogP contribution in [0.15, 0.2) is 47.1 Å². The molecule has 0 aliphatic rings. The summed E-state index contributed by atoms with van der Waals surface area (Å²) in [7, 11) is 0. The molecular weight excluding hydrogens is 292 g/mol. The molecule has 2 aromatic heterocycles. The first-order valence-electron chi connectivity index (χ1n) is 7.52. The minimum absolute atomic E-state index is 0.185. The molecule has 3 aromatic rings. The van der Waals surface area contributed by atoms with E-state index in [0.29, 0.717) is 30.0 Å². The lowest BCUT2D eigenvalue weighted by Crippen LogP contribution is -2.24. The molecule has 0 bridgehead atoms. The molecule has 0 aliphatic heterocycles. The normalized spacial score (nSPS) is 10.7. The topological polar surface area (TPSA) is 73.0 Å². The van der Waals surface area contributed by atoms with E-state index in [1.54, 1.807) is 11.6 Å². The summed E-state index contributed by atoms with van der Waals surface area (Å²) in [6, 6.07) is 11.7. The molecule has 3 rings (SSSR count). The van der Waals surface area contributed by atoms with Crippen molar-refractivity contribution in [1.82, 2.24) is 20.3 Å². The number of carbonyl (C=O) groups excluding carboxylic acids is 1. The fourth-order valence-corrected chi connectivity index (χ4v) is 2.39. The van der Waals surface area contributed by atoms with Crippen molar-refractivity contribution < 1.29 is 9.32 Å². The molecule has 118 valence electrons. The number of para-hydroxylation sites is 1. The summed E-state index contributed by atoms with van der Waals surface area (Å²) in [6.45, 7) is 4.05. The van der Waals surface area contributed by atoms with E-state index in [9.17, 15) is 4.79 Å². The van der Waals surface area contributed by atoms with E-state index in [-0.39, 0.29) is 5.91 Å². The monoisotopic (exact) mass is 310 g/mol. The van der Waals surface area contributed by atoms with Crippen molar-refractivity contribution in [2.45, 2.75) is 26.8 Å². The standard InChI is InChI=1S/C17H18N4O2/c1-3-15-16(12(2)20-23-15)17(22)18-11-13-9-10-21(19-13)14-7-5-4-6-8-14/h4-10H,3,11H2,1-2H3,(H,18,22). The van der Waals surface area contributed by atoms with E-state index < -0.39 is 0 Å². The fraction of sp³-hybridized carbons (Fsp3) is 0.235. The largest absolute Gasteiger partial charge is 0.360 e. The van der Waals surface area contributed by atoms with Crippen molar-refractivity contribution in [1.29, 1.82) is 0 Å². The zero-order chi connectivity index (χ0) is 16.2. The molecule has 0 aliphatic carbocycles. The Hall–Kier alpha value is -2.89. The van der Waals surface area contributed by atoms with Gasteiger partial charge in [-0.15, -0.1) is 0 Å². The summed E-state index contributed by atoms with van der Waals surface area (Å²) in [5, 5.41) is 11.2. The van der Waals surface area contributed by atoms with Crippen molar-refractivity contribution in [2.75, 3.05) is 0 Å². The van der Waals surface area contributed by atoms with E-state index in [0.717, 1.165) is 11.4 Å². The second kappa shape index (κ2) is 6.48. The zero-order valence-electron chi connectivity index (χ0n) is 13.1. The molecule has 0 saturated carbocycles. The molecule has 0 spiro atoms. The van der Waals surface area contributed by atoms with Gasteiger partial charge >= 0.3 is 0 Å². The quantitative estimate of drug-likeness (QED) is 0.786. The van der Waals surface area contributed by atoms with Gasteiger partial charge in [0, 0.05) is 12.6 Å². The van der Waals surface area contributed by atoms with Gasteiger partial charge in [-0.25, -0.2) is 4.68 Å². The number of benzene rings is 1. The average molecular weight is 310 g/mol. The number of amides is 1. The molecule has 1 aromatic carbocycles. The highest BCUT2D eigenvalue weighted by atomic mass is 16.5. The first-order valence-corrected chi connectivity index (χ1v) is 7.52. The summed E-state index contributed by atoms with van der Waals surface area (Å²) in [4.78, 5) is 12.3. The van der Waals surface area contributed by atoms with Crippen LogP contribution >= 0.6 is 0 Å². The number of aryl methyl sites for hydroxylation is 2. The molecule has 0 saturated heterocycles. The van der Waals surface area contributed by atoms with Crippen molar-refractivity contribution in [3.8, 4) is 5.69 Å². The molecule has 0 radical (unpaired) electrons. The van der Waals surface area contributed by atoms with Gasteiger partial charge in [0.15, 0.2) is 0 Å². The molecule has 6 nitrogen and oxygen atoms in total. The Bertz CT molecular complexity index is 805. The average Bonchev–Trinajstić information content (AvgIpc) is 3.20. The van der Waals surface area contributed by atoms with Crippen molar-refractivity contribution in [3.05, 3.63) is 65.3 Å². The summed E-state index contributed by atoms with van der Waals surface area (Å²) in [5.41, 5.74) is 2.90. The maximum absolute atomic E-state index is 12.3. The Morgan fingerprint density at radius 2 is 2.04 bits per heavy atom. The van der Waals surface area contributed by atoms with Crippen LogP contribution in [0.4, 0.5) is 0 Å². The summed E-state index contributed by atoms with van der Waals surface area (Å²) >= 11 is 0. The van der Waals surface area contributed by atoms with Gasteiger partial charge < -0.3 is 9.84 Å². The minimum Gasteiger partial charge on any atom is -0.360 e. The van der Waals surface area contributed by atoms with Gasteiger partial charge in [-0.1, -0.05) is 30.3 Å². The maximum Gasteiger partial charge on any atom is 0.257 e.